The number of alkyl halides is 6. The Morgan fingerprint density at radius 2 is 0.706 bits per heavy atom. The minimum absolute atomic E-state index is 0.141. The van der Waals surface area contributed by atoms with E-state index < -0.39 is 51.1 Å². The summed E-state index contributed by atoms with van der Waals surface area (Å²) in [6.45, 7) is 0. The molecule has 14 heteroatoms. The first-order chi connectivity index (χ1) is 32.6. The predicted octanol–water partition coefficient (Wildman–Crippen LogP) is 14.2. The summed E-state index contributed by atoms with van der Waals surface area (Å²) < 4.78 is 77.5. The fourth-order valence-electron chi connectivity index (χ4n) is 13.9. The van der Waals surface area contributed by atoms with Crippen molar-refractivity contribution in [1.82, 2.24) is 0 Å². The molecule has 0 N–H and O–H groups in total. The lowest BCUT2D eigenvalue weighted by Crippen LogP contribution is -2.50. The summed E-state index contributed by atoms with van der Waals surface area (Å²) in [4.78, 5) is 26.7. The van der Waals surface area contributed by atoms with E-state index in [0.717, 1.165) is 57.4 Å². The number of ketones is 2. The number of halogens is 6. The molecule has 68 heavy (non-hydrogen) atoms. The van der Waals surface area contributed by atoms with Gasteiger partial charge in [0.25, 0.3) is 0 Å². The number of hydrogen-bond donors (Lipinski definition) is 0. The largest absolute Gasteiger partial charge is 0.860 e. The summed E-state index contributed by atoms with van der Waals surface area (Å²) in [7, 11) is -5.44. The van der Waals surface area contributed by atoms with Gasteiger partial charge in [-0.1, -0.05) is 60.7 Å². The number of rotatable bonds is 14. The smallest absolute Gasteiger partial charge is 0.416 e. The molecular formula is C54H71BF6O5P2. The van der Waals surface area contributed by atoms with Gasteiger partial charge in [0.15, 0.2) is 11.6 Å². The minimum Gasteiger partial charge on any atom is -0.860 e. The molecule has 0 saturated heterocycles. The number of Topliss-reactive ketones (excluding diaryl/α,β-unsaturated/α-hetero) is 2. The SMILES string of the molecule is O=C(C[P+](C1CCCC1)(C1CCCC1)C1CCCC1)c1ccccc1.O=C(C[P+](C1CCCC1)(C1CCCC1)C1CCCC1)c1ccccc1.[O-]B([O-])Oc1cc(C(F)(F)F)cc(C(F)(F)F)c1. The first-order valence-corrected chi connectivity index (χ1v) is 30.2. The minimum atomic E-state index is -5.05. The number of carbonyl (C=O) groups is 2. The van der Waals surface area contributed by atoms with Crippen molar-refractivity contribution in [3.8, 4) is 5.75 Å². The Morgan fingerprint density at radius 3 is 0.926 bits per heavy atom. The fraction of sp³-hybridized carbons (Fsp3) is 0.630. The number of benzene rings is 3. The highest BCUT2D eigenvalue weighted by atomic mass is 31.2. The van der Waals surface area contributed by atoms with E-state index in [-0.39, 0.29) is 18.2 Å². The van der Waals surface area contributed by atoms with Crippen LogP contribution in [0.15, 0.2) is 78.9 Å². The van der Waals surface area contributed by atoms with E-state index in [1.54, 1.807) is 0 Å². The van der Waals surface area contributed by atoms with Crippen LogP contribution in [0.3, 0.4) is 0 Å². The normalized spacial score (nSPS) is 20.6. The zero-order valence-corrected chi connectivity index (χ0v) is 41.4. The highest BCUT2D eigenvalue weighted by Gasteiger charge is 2.61. The van der Waals surface area contributed by atoms with Gasteiger partial charge in [0.05, 0.1) is 50.8 Å². The molecule has 0 bridgehead atoms. The Morgan fingerprint density at radius 1 is 0.456 bits per heavy atom. The lowest BCUT2D eigenvalue weighted by Gasteiger charge is -2.42. The molecule has 0 spiro atoms. The van der Waals surface area contributed by atoms with Gasteiger partial charge < -0.3 is 14.7 Å². The second-order valence-corrected chi connectivity index (χ2v) is 29.7. The van der Waals surface area contributed by atoms with Crippen molar-refractivity contribution in [2.45, 2.75) is 200 Å². The van der Waals surface area contributed by atoms with E-state index in [2.05, 4.69) is 28.9 Å². The van der Waals surface area contributed by atoms with Crippen LogP contribution < -0.4 is 14.7 Å². The van der Waals surface area contributed by atoms with Crippen LogP contribution in [-0.2, 0) is 12.4 Å². The zero-order valence-electron chi connectivity index (χ0n) is 39.6. The van der Waals surface area contributed by atoms with Crippen molar-refractivity contribution in [3.63, 3.8) is 0 Å². The summed E-state index contributed by atoms with van der Waals surface area (Å²) in [5.41, 5.74) is 4.16. The van der Waals surface area contributed by atoms with Crippen molar-refractivity contribution in [2.75, 3.05) is 12.3 Å². The Balaban J connectivity index is 0.000000154. The van der Waals surface area contributed by atoms with Crippen molar-refractivity contribution in [2.24, 2.45) is 0 Å². The highest BCUT2D eigenvalue weighted by Crippen LogP contribution is 2.79. The second-order valence-electron chi connectivity index (χ2n) is 20.7. The van der Waals surface area contributed by atoms with Crippen LogP contribution >= 0.6 is 14.5 Å². The fourth-order valence-corrected chi connectivity index (χ4v) is 28.4. The van der Waals surface area contributed by atoms with Crippen LogP contribution in [0, 0.1) is 0 Å². The Bertz CT molecular complexity index is 1810. The summed E-state index contributed by atoms with van der Waals surface area (Å²) in [6, 6.07) is 20.6. The van der Waals surface area contributed by atoms with E-state index in [1.165, 1.54) is 154 Å². The first-order valence-electron chi connectivity index (χ1n) is 25.8. The molecule has 0 amide bonds. The van der Waals surface area contributed by atoms with Crippen LogP contribution in [0.1, 0.15) is 186 Å². The number of hydrogen-bond acceptors (Lipinski definition) is 5. The molecule has 0 unspecified atom stereocenters. The first kappa shape index (κ1) is 53.0. The molecule has 6 saturated carbocycles. The lowest BCUT2D eigenvalue weighted by atomic mass is 10.1. The summed E-state index contributed by atoms with van der Waals surface area (Å²) in [5.74, 6) is -0.133. The zero-order chi connectivity index (χ0) is 48.4. The van der Waals surface area contributed by atoms with Crippen molar-refractivity contribution in [3.05, 3.63) is 101 Å². The van der Waals surface area contributed by atoms with Crippen molar-refractivity contribution >= 4 is 33.4 Å². The molecule has 5 nitrogen and oxygen atoms in total. The van der Waals surface area contributed by atoms with Crippen LogP contribution in [0.5, 0.6) is 5.75 Å². The summed E-state index contributed by atoms with van der Waals surface area (Å²) in [6.07, 6.45) is 26.0. The molecule has 0 heterocycles. The molecule has 3 aromatic rings. The van der Waals surface area contributed by atoms with Gasteiger partial charge in [0.2, 0.25) is 0 Å². The quantitative estimate of drug-likeness (QED) is 0.0695. The number of carbonyl (C=O) groups excluding carboxylic acids is 2. The summed E-state index contributed by atoms with van der Waals surface area (Å²) in [5, 5.41) is 20.2. The van der Waals surface area contributed by atoms with Crippen LogP contribution in [0.25, 0.3) is 0 Å². The molecule has 6 aliphatic rings. The topological polar surface area (TPSA) is 89.5 Å². The third kappa shape index (κ3) is 13.0. The van der Waals surface area contributed by atoms with E-state index in [9.17, 15) is 46.0 Å². The average Bonchev–Trinajstić information content (AvgIpc) is 4.18. The van der Waals surface area contributed by atoms with Crippen molar-refractivity contribution in [1.29, 1.82) is 0 Å². The second kappa shape index (κ2) is 24.1. The van der Waals surface area contributed by atoms with E-state index >= 15 is 0 Å². The van der Waals surface area contributed by atoms with Gasteiger partial charge in [-0.05, 0) is 172 Å². The maximum atomic E-state index is 13.4. The lowest BCUT2D eigenvalue weighted by molar-refractivity contribution is -0.372. The molecule has 372 valence electrons. The van der Waals surface area contributed by atoms with Crippen LogP contribution in [-0.4, -0.2) is 65.2 Å². The molecule has 3 aromatic carbocycles. The van der Waals surface area contributed by atoms with Crippen molar-refractivity contribution < 1.29 is 50.6 Å². The van der Waals surface area contributed by atoms with E-state index in [4.69, 9.17) is 0 Å². The molecule has 0 aromatic heterocycles. The molecule has 0 aliphatic heterocycles. The van der Waals surface area contributed by atoms with Crippen LogP contribution in [0.2, 0.25) is 0 Å². The molecule has 9 rings (SSSR count). The van der Waals surface area contributed by atoms with Gasteiger partial charge in [0.1, 0.15) is 19.6 Å². The van der Waals surface area contributed by atoms with Crippen LogP contribution in [0.4, 0.5) is 26.3 Å². The van der Waals surface area contributed by atoms with Gasteiger partial charge in [-0.15, -0.1) is 0 Å². The van der Waals surface area contributed by atoms with E-state index in [1.807, 2.05) is 36.4 Å². The Hall–Kier alpha value is -2.78. The summed E-state index contributed by atoms with van der Waals surface area (Å²) >= 11 is 0. The highest BCUT2D eigenvalue weighted by molar-refractivity contribution is 7.79. The maximum absolute atomic E-state index is 13.4. The van der Waals surface area contributed by atoms with Gasteiger partial charge in [-0.3, -0.25) is 9.59 Å². The van der Waals surface area contributed by atoms with E-state index in [0.29, 0.717) is 11.6 Å². The third-order valence-corrected chi connectivity index (χ3v) is 29.8. The third-order valence-electron chi connectivity index (χ3n) is 16.8. The Kier molecular flexibility index (Phi) is 18.8. The van der Waals surface area contributed by atoms with Gasteiger partial charge >= 0.3 is 12.4 Å². The monoisotopic (exact) mass is 986 g/mol. The van der Waals surface area contributed by atoms with Gasteiger partial charge in [-0.25, -0.2) is 0 Å². The standard InChI is InChI=1S/2C23H34OP.C8H3BF6O3/c2*24-23(19-10-2-1-3-11-19)18-25(20-12-4-5-13-20,21-14-6-7-15-21)22-16-8-9-17-22;10-7(11,12)4-1-5(8(13,14)15)3-6(2-4)18-9(16)17/h2*1-3,10-11,20-22H,4-9,12-18H2;1-3H/q2*+1;-2. The average molecular weight is 987 g/mol. The van der Waals surface area contributed by atoms with Gasteiger partial charge in [-0.2, -0.15) is 26.3 Å². The predicted molar refractivity (Wildman–Crippen MR) is 261 cm³/mol. The molecule has 0 radical (unpaired) electrons. The molecule has 6 aliphatic carbocycles. The Labute approximate surface area is 402 Å². The maximum Gasteiger partial charge on any atom is 0.416 e. The molecular weight excluding hydrogens is 915 g/mol. The van der Waals surface area contributed by atoms with Gasteiger partial charge in [0, 0.05) is 25.7 Å². The molecule has 0 atom stereocenters. The molecule has 6 fully saturated rings.